The summed E-state index contributed by atoms with van der Waals surface area (Å²) in [6, 6.07) is -0.441. The lowest BCUT2D eigenvalue weighted by atomic mass is 9.77. The highest BCUT2D eigenvalue weighted by molar-refractivity contribution is 5.90. The molecule has 2 N–H and O–H groups in total. The van der Waals surface area contributed by atoms with Gasteiger partial charge in [0.15, 0.2) is 0 Å². The van der Waals surface area contributed by atoms with Gasteiger partial charge in [0.2, 0.25) is 11.8 Å². The Morgan fingerprint density at radius 1 is 1.32 bits per heavy atom. The predicted octanol–water partition coefficient (Wildman–Crippen LogP) is 0.502. The number of likely N-dealkylation sites (N-methyl/N-ethyl adjacent to an activating group) is 1. The van der Waals surface area contributed by atoms with E-state index < -0.39 is 0 Å². The van der Waals surface area contributed by atoms with Crippen LogP contribution in [0, 0.1) is 5.41 Å². The maximum atomic E-state index is 12.7. The van der Waals surface area contributed by atoms with Crippen LogP contribution < -0.4 is 10.6 Å². The Balaban J connectivity index is 2.12. The van der Waals surface area contributed by atoms with E-state index in [1.807, 2.05) is 0 Å². The SMILES string of the molecule is CNC(=O)C1CCCN1C(=O)C1NCCCC1(C)C. The number of amides is 2. The predicted molar refractivity (Wildman–Crippen MR) is 73.6 cm³/mol. The summed E-state index contributed by atoms with van der Waals surface area (Å²) in [7, 11) is 1.63. The number of hydrogen-bond acceptors (Lipinski definition) is 3. The summed E-state index contributed by atoms with van der Waals surface area (Å²) < 4.78 is 0. The summed E-state index contributed by atoms with van der Waals surface area (Å²) in [5.74, 6) is 0.0512. The smallest absolute Gasteiger partial charge is 0.242 e. The standard InChI is InChI=1S/C14H25N3O2/c1-14(2)7-5-8-16-11(14)13(19)17-9-4-6-10(17)12(18)15-3/h10-11,16H,4-9H2,1-3H3,(H,15,18). The van der Waals surface area contributed by atoms with E-state index >= 15 is 0 Å². The van der Waals surface area contributed by atoms with Gasteiger partial charge in [0.1, 0.15) is 6.04 Å². The van der Waals surface area contributed by atoms with E-state index in [1.54, 1.807) is 11.9 Å². The molecule has 2 unspecified atom stereocenters. The van der Waals surface area contributed by atoms with Gasteiger partial charge in [0, 0.05) is 13.6 Å². The lowest BCUT2D eigenvalue weighted by molar-refractivity contribution is -0.142. The van der Waals surface area contributed by atoms with Crippen molar-refractivity contribution in [3.63, 3.8) is 0 Å². The number of likely N-dealkylation sites (tertiary alicyclic amines) is 1. The van der Waals surface area contributed by atoms with Crippen LogP contribution in [0.15, 0.2) is 0 Å². The van der Waals surface area contributed by atoms with E-state index in [0.29, 0.717) is 6.54 Å². The largest absolute Gasteiger partial charge is 0.357 e. The van der Waals surface area contributed by atoms with E-state index in [1.165, 1.54) is 0 Å². The van der Waals surface area contributed by atoms with E-state index in [-0.39, 0.29) is 29.3 Å². The van der Waals surface area contributed by atoms with Crippen LogP contribution in [-0.2, 0) is 9.59 Å². The molecule has 0 aromatic carbocycles. The third-order valence-electron chi connectivity index (χ3n) is 4.46. The zero-order valence-electron chi connectivity index (χ0n) is 12.2. The molecule has 0 bridgehead atoms. The number of nitrogens with one attached hydrogen (secondary N) is 2. The van der Waals surface area contributed by atoms with Gasteiger partial charge < -0.3 is 15.5 Å². The van der Waals surface area contributed by atoms with E-state index in [4.69, 9.17) is 0 Å². The molecule has 2 aliphatic heterocycles. The molecule has 2 rings (SSSR count). The first-order chi connectivity index (χ1) is 8.97. The zero-order chi connectivity index (χ0) is 14.0. The molecule has 0 radical (unpaired) electrons. The fourth-order valence-electron chi connectivity index (χ4n) is 3.27. The van der Waals surface area contributed by atoms with Crippen molar-refractivity contribution >= 4 is 11.8 Å². The van der Waals surface area contributed by atoms with Crippen molar-refractivity contribution in [1.29, 1.82) is 0 Å². The van der Waals surface area contributed by atoms with Crippen molar-refractivity contribution in [2.45, 2.75) is 51.6 Å². The molecule has 2 saturated heterocycles. The van der Waals surface area contributed by atoms with Crippen molar-refractivity contribution in [2.75, 3.05) is 20.1 Å². The van der Waals surface area contributed by atoms with Crippen LogP contribution in [0.3, 0.4) is 0 Å². The average molecular weight is 267 g/mol. The molecular formula is C14H25N3O2. The van der Waals surface area contributed by atoms with Gasteiger partial charge in [0.05, 0.1) is 6.04 Å². The number of nitrogens with zero attached hydrogens (tertiary/aromatic N) is 1. The highest BCUT2D eigenvalue weighted by Crippen LogP contribution is 2.32. The van der Waals surface area contributed by atoms with Gasteiger partial charge in [-0.3, -0.25) is 9.59 Å². The second-order valence-electron chi connectivity index (χ2n) is 6.28. The lowest BCUT2D eigenvalue weighted by Crippen LogP contribution is -2.58. The summed E-state index contributed by atoms with van der Waals surface area (Å²) >= 11 is 0. The third kappa shape index (κ3) is 2.76. The Morgan fingerprint density at radius 2 is 2.05 bits per heavy atom. The number of carbonyl (C=O) groups is 2. The molecule has 5 heteroatoms. The summed E-state index contributed by atoms with van der Waals surface area (Å²) in [6.07, 6.45) is 3.85. The van der Waals surface area contributed by atoms with Crippen molar-refractivity contribution in [3.8, 4) is 0 Å². The first-order valence-electron chi connectivity index (χ1n) is 7.23. The van der Waals surface area contributed by atoms with Crippen molar-refractivity contribution in [2.24, 2.45) is 5.41 Å². The summed E-state index contributed by atoms with van der Waals surface area (Å²) in [4.78, 5) is 26.3. The second-order valence-corrected chi connectivity index (χ2v) is 6.28. The molecule has 5 nitrogen and oxygen atoms in total. The fraction of sp³-hybridized carbons (Fsp3) is 0.857. The van der Waals surface area contributed by atoms with Gasteiger partial charge in [-0.2, -0.15) is 0 Å². The highest BCUT2D eigenvalue weighted by Gasteiger charge is 2.43. The first kappa shape index (κ1) is 14.3. The fourth-order valence-corrected chi connectivity index (χ4v) is 3.27. The molecule has 0 aromatic heterocycles. The van der Waals surface area contributed by atoms with Crippen LogP contribution in [0.4, 0.5) is 0 Å². The van der Waals surface area contributed by atoms with Crippen LogP contribution in [0.2, 0.25) is 0 Å². The highest BCUT2D eigenvalue weighted by atomic mass is 16.2. The maximum Gasteiger partial charge on any atom is 0.242 e. The Hall–Kier alpha value is -1.10. The minimum Gasteiger partial charge on any atom is -0.357 e. The number of rotatable bonds is 2. The minimum absolute atomic E-state index is 0.0365. The minimum atomic E-state index is -0.281. The van der Waals surface area contributed by atoms with Gasteiger partial charge >= 0.3 is 0 Å². The molecule has 2 amide bonds. The molecule has 0 aromatic rings. The lowest BCUT2D eigenvalue weighted by Gasteiger charge is -2.41. The van der Waals surface area contributed by atoms with Gasteiger partial charge in [-0.1, -0.05) is 13.8 Å². The Morgan fingerprint density at radius 3 is 2.68 bits per heavy atom. The van der Waals surface area contributed by atoms with Gasteiger partial charge in [-0.25, -0.2) is 0 Å². The quantitative estimate of drug-likeness (QED) is 0.766. The van der Waals surface area contributed by atoms with Crippen LogP contribution in [-0.4, -0.2) is 48.9 Å². The molecular weight excluding hydrogens is 242 g/mol. The number of carbonyl (C=O) groups excluding carboxylic acids is 2. The second kappa shape index (κ2) is 5.49. The van der Waals surface area contributed by atoms with E-state index in [2.05, 4.69) is 24.5 Å². The molecule has 19 heavy (non-hydrogen) atoms. The summed E-state index contributed by atoms with van der Waals surface area (Å²) in [6.45, 7) is 5.85. The van der Waals surface area contributed by atoms with Gasteiger partial charge in [-0.15, -0.1) is 0 Å². The number of piperidine rings is 1. The molecule has 0 spiro atoms. The molecule has 0 aliphatic carbocycles. The van der Waals surface area contributed by atoms with E-state index in [9.17, 15) is 9.59 Å². The Labute approximate surface area is 115 Å². The Bertz CT molecular complexity index is 368. The van der Waals surface area contributed by atoms with Gasteiger partial charge in [0.25, 0.3) is 0 Å². The van der Waals surface area contributed by atoms with Gasteiger partial charge in [-0.05, 0) is 37.6 Å². The first-order valence-corrected chi connectivity index (χ1v) is 7.23. The van der Waals surface area contributed by atoms with E-state index in [0.717, 1.165) is 32.2 Å². The zero-order valence-corrected chi connectivity index (χ0v) is 12.2. The average Bonchev–Trinajstić information content (AvgIpc) is 2.85. The molecule has 2 heterocycles. The molecule has 2 atom stereocenters. The van der Waals surface area contributed by atoms with Crippen LogP contribution in [0.5, 0.6) is 0 Å². The Kier molecular flexibility index (Phi) is 4.13. The summed E-state index contributed by atoms with van der Waals surface area (Å²) in [5, 5.41) is 6.00. The normalized spacial score (nSPS) is 30.2. The monoisotopic (exact) mass is 267 g/mol. The molecule has 2 fully saturated rings. The maximum absolute atomic E-state index is 12.7. The van der Waals surface area contributed by atoms with Crippen molar-refractivity contribution < 1.29 is 9.59 Å². The molecule has 0 saturated carbocycles. The van der Waals surface area contributed by atoms with Crippen LogP contribution >= 0.6 is 0 Å². The number of hydrogen-bond donors (Lipinski definition) is 2. The molecule has 2 aliphatic rings. The summed E-state index contributed by atoms with van der Waals surface area (Å²) in [5.41, 5.74) is -0.0365. The van der Waals surface area contributed by atoms with Crippen LogP contribution in [0.25, 0.3) is 0 Å². The van der Waals surface area contributed by atoms with Crippen LogP contribution in [0.1, 0.15) is 39.5 Å². The van der Waals surface area contributed by atoms with Crippen molar-refractivity contribution in [1.82, 2.24) is 15.5 Å². The van der Waals surface area contributed by atoms with Crippen molar-refractivity contribution in [3.05, 3.63) is 0 Å². The molecule has 108 valence electrons. The third-order valence-corrected chi connectivity index (χ3v) is 4.46. The topological polar surface area (TPSA) is 61.4 Å².